The molecule has 0 unspecified atom stereocenters. The van der Waals surface area contributed by atoms with Crippen LogP contribution in [-0.2, 0) is 17.8 Å². The molecule has 0 saturated carbocycles. The van der Waals surface area contributed by atoms with Crippen LogP contribution in [0, 0.1) is 0 Å². The molecule has 0 aliphatic heterocycles. The number of nitrogens with one attached hydrogen (secondary N) is 1. The van der Waals surface area contributed by atoms with Crippen LogP contribution >= 0.6 is 15.9 Å². The van der Waals surface area contributed by atoms with Gasteiger partial charge in [0.25, 0.3) is 0 Å². The highest BCUT2D eigenvalue weighted by atomic mass is 79.9. The minimum absolute atomic E-state index is 0.142. The third-order valence-corrected chi connectivity index (χ3v) is 5.21. The van der Waals surface area contributed by atoms with Gasteiger partial charge in [0.2, 0.25) is 5.91 Å². The number of hydrazone groups is 1. The van der Waals surface area contributed by atoms with Crippen molar-refractivity contribution in [1.82, 2.24) is 9.99 Å². The number of nitrogens with zero attached hydrogens (tertiary/aromatic N) is 2. The Kier molecular flexibility index (Phi) is 5.86. The van der Waals surface area contributed by atoms with Crippen molar-refractivity contribution in [2.75, 3.05) is 0 Å². The molecule has 1 aromatic heterocycles. The van der Waals surface area contributed by atoms with E-state index in [1.54, 1.807) is 6.21 Å². The Morgan fingerprint density at radius 3 is 2.45 bits per heavy atom. The number of amides is 1. The largest absolute Gasteiger partial charge is 0.342 e. The monoisotopic (exact) mass is 445 g/mol. The lowest BCUT2D eigenvalue weighted by Crippen LogP contribution is -2.19. The summed E-state index contributed by atoms with van der Waals surface area (Å²) in [5, 5.41) is 5.28. The fraction of sp³-hybridized carbons (Fsp3) is 0.0833. The second-order valence-electron chi connectivity index (χ2n) is 6.81. The maximum absolute atomic E-state index is 12.2. The number of benzene rings is 3. The normalized spacial score (nSPS) is 11.2. The number of para-hydroxylation sites is 1. The predicted molar refractivity (Wildman–Crippen MR) is 121 cm³/mol. The van der Waals surface area contributed by atoms with Crippen LogP contribution in [0.4, 0.5) is 0 Å². The summed E-state index contributed by atoms with van der Waals surface area (Å²) in [5.41, 5.74) is 6.92. The summed E-state index contributed by atoms with van der Waals surface area (Å²) in [6.07, 6.45) is 4.08. The molecule has 0 atom stereocenters. The van der Waals surface area contributed by atoms with E-state index in [2.05, 4.69) is 61.5 Å². The van der Waals surface area contributed by atoms with E-state index in [1.165, 1.54) is 5.56 Å². The van der Waals surface area contributed by atoms with Crippen LogP contribution in [0.25, 0.3) is 10.9 Å². The van der Waals surface area contributed by atoms with Crippen LogP contribution in [0.15, 0.2) is 94.6 Å². The second-order valence-corrected chi connectivity index (χ2v) is 7.73. The zero-order valence-corrected chi connectivity index (χ0v) is 17.3. The van der Waals surface area contributed by atoms with Crippen LogP contribution in [-0.4, -0.2) is 16.7 Å². The molecule has 1 N–H and O–H groups in total. The van der Waals surface area contributed by atoms with Crippen LogP contribution in [0.1, 0.15) is 16.7 Å². The van der Waals surface area contributed by atoms with Crippen molar-refractivity contribution in [2.24, 2.45) is 5.10 Å². The van der Waals surface area contributed by atoms with Gasteiger partial charge in [0, 0.05) is 33.7 Å². The van der Waals surface area contributed by atoms with E-state index >= 15 is 0 Å². The molecule has 0 aliphatic carbocycles. The molecule has 144 valence electrons. The topological polar surface area (TPSA) is 46.4 Å². The molecule has 0 bridgehead atoms. The van der Waals surface area contributed by atoms with Gasteiger partial charge in [-0.25, -0.2) is 5.43 Å². The number of carbonyl (C=O) groups is 1. The van der Waals surface area contributed by atoms with E-state index in [0.29, 0.717) is 6.42 Å². The van der Waals surface area contributed by atoms with Crippen molar-refractivity contribution in [1.29, 1.82) is 0 Å². The zero-order chi connectivity index (χ0) is 20.1. The molecule has 29 heavy (non-hydrogen) atoms. The predicted octanol–water partition coefficient (Wildman–Crippen LogP) is 5.14. The molecule has 4 aromatic rings. The standard InChI is InChI=1S/C24H20BrN3O/c25-21-12-10-18(11-13-21)14-24(29)27-26-15-20-17-28(16-19-6-2-1-3-7-19)23-9-5-4-8-22(20)23/h1-13,15,17H,14,16H2,(H,27,29)/b26-15+. The van der Waals surface area contributed by atoms with Gasteiger partial charge in [0.05, 0.1) is 12.6 Å². The van der Waals surface area contributed by atoms with Crippen molar-refractivity contribution in [3.8, 4) is 0 Å². The number of aromatic nitrogens is 1. The average molecular weight is 446 g/mol. The van der Waals surface area contributed by atoms with E-state index < -0.39 is 0 Å². The highest BCUT2D eigenvalue weighted by Gasteiger charge is 2.07. The molecule has 1 heterocycles. The molecular weight excluding hydrogens is 426 g/mol. The van der Waals surface area contributed by atoms with Crippen molar-refractivity contribution in [2.45, 2.75) is 13.0 Å². The Morgan fingerprint density at radius 2 is 1.66 bits per heavy atom. The molecule has 4 nitrogen and oxygen atoms in total. The number of hydrogen-bond donors (Lipinski definition) is 1. The van der Waals surface area contributed by atoms with E-state index in [4.69, 9.17) is 0 Å². The average Bonchev–Trinajstić information content (AvgIpc) is 3.08. The van der Waals surface area contributed by atoms with Crippen LogP contribution < -0.4 is 5.43 Å². The van der Waals surface area contributed by atoms with Gasteiger partial charge >= 0.3 is 0 Å². The number of fused-ring (bicyclic) bond motifs is 1. The number of rotatable bonds is 6. The molecule has 0 saturated heterocycles. The Bertz CT molecular complexity index is 1150. The molecule has 4 rings (SSSR count). The molecule has 0 aliphatic rings. The first kappa shape index (κ1) is 19.2. The van der Waals surface area contributed by atoms with E-state index in [9.17, 15) is 4.79 Å². The van der Waals surface area contributed by atoms with E-state index in [1.807, 2.05) is 54.6 Å². The molecule has 5 heteroatoms. The SMILES string of the molecule is O=C(Cc1ccc(Br)cc1)N/N=C/c1cn(Cc2ccccc2)c2ccccc12. The minimum Gasteiger partial charge on any atom is -0.342 e. The van der Waals surface area contributed by atoms with Crippen molar-refractivity contribution in [3.05, 3.63) is 106 Å². The van der Waals surface area contributed by atoms with Gasteiger partial charge in [0.15, 0.2) is 0 Å². The highest BCUT2D eigenvalue weighted by Crippen LogP contribution is 2.21. The second kappa shape index (κ2) is 8.88. The summed E-state index contributed by atoms with van der Waals surface area (Å²) in [5.74, 6) is -0.142. The van der Waals surface area contributed by atoms with Gasteiger partial charge in [-0.1, -0.05) is 76.6 Å². The summed E-state index contributed by atoms with van der Waals surface area (Å²) < 4.78 is 3.20. The Balaban J connectivity index is 1.48. The van der Waals surface area contributed by atoms with Gasteiger partial charge in [-0.05, 0) is 29.3 Å². The Morgan fingerprint density at radius 1 is 0.931 bits per heavy atom. The first-order valence-electron chi connectivity index (χ1n) is 9.37. The minimum atomic E-state index is -0.142. The molecule has 3 aromatic carbocycles. The first-order valence-corrected chi connectivity index (χ1v) is 10.2. The summed E-state index contributed by atoms with van der Waals surface area (Å²) >= 11 is 3.40. The van der Waals surface area contributed by atoms with Gasteiger partial charge in [0.1, 0.15) is 0 Å². The van der Waals surface area contributed by atoms with E-state index in [-0.39, 0.29) is 5.91 Å². The summed E-state index contributed by atoms with van der Waals surface area (Å²) in [6, 6.07) is 26.2. The highest BCUT2D eigenvalue weighted by molar-refractivity contribution is 9.10. The molecule has 0 spiro atoms. The third kappa shape index (κ3) is 4.81. The number of carbonyl (C=O) groups excluding carboxylic acids is 1. The van der Waals surface area contributed by atoms with Gasteiger partial charge in [-0.15, -0.1) is 0 Å². The lowest BCUT2D eigenvalue weighted by Gasteiger charge is -2.05. The van der Waals surface area contributed by atoms with Gasteiger partial charge in [-0.2, -0.15) is 5.10 Å². The molecule has 0 radical (unpaired) electrons. The van der Waals surface area contributed by atoms with Gasteiger partial charge in [-0.3, -0.25) is 4.79 Å². The fourth-order valence-electron chi connectivity index (χ4n) is 3.29. The third-order valence-electron chi connectivity index (χ3n) is 4.69. The maximum Gasteiger partial charge on any atom is 0.244 e. The Labute approximate surface area is 178 Å². The van der Waals surface area contributed by atoms with Gasteiger partial charge < -0.3 is 4.57 Å². The Hall–Kier alpha value is -3.18. The number of hydrogen-bond acceptors (Lipinski definition) is 2. The maximum atomic E-state index is 12.2. The van der Waals surface area contributed by atoms with Crippen LogP contribution in [0.2, 0.25) is 0 Å². The number of halogens is 1. The lowest BCUT2D eigenvalue weighted by atomic mass is 10.1. The molecular formula is C24H20BrN3O. The quantitative estimate of drug-likeness (QED) is 0.323. The molecule has 1 amide bonds. The summed E-state index contributed by atoms with van der Waals surface area (Å²) in [7, 11) is 0. The smallest absolute Gasteiger partial charge is 0.244 e. The van der Waals surface area contributed by atoms with Crippen LogP contribution in [0.3, 0.4) is 0 Å². The van der Waals surface area contributed by atoms with Crippen molar-refractivity contribution < 1.29 is 4.79 Å². The van der Waals surface area contributed by atoms with E-state index in [0.717, 1.165) is 33.0 Å². The molecule has 0 fully saturated rings. The summed E-state index contributed by atoms with van der Waals surface area (Å²) in [6.45, 7) is 0.783. The zero-order valence-electron chi connectivity index (χ0n) is 15.8. The summed E-state index contributed by atoms with van der Waals surface area (Å²) in [4.78, 5) is 12.2. The first-order chi connectivity index (χ1) is 14.2. The lowest BCUT2D eigenvalue weighted by molar-refractivity contribution is -0.120. The van der Waals surface area contributed by atoms with Crippen molar-refractivity contribution in [3.63, 3.8) is 0 Å². The van der Waals surface area contributed by atoms with Crippen molar-refractivity contribution >= 4 is 39.0 Å². The fourth-order valence-corrected chi connectivity index (χ4v) is 3.55. The van der Waals surface area contributed by atoms with Crippen LogP contribution in [0.5, 0.6) is 0 Å².